The van der Waals surface area contributed by atoms with E-state index in [2.05, 4.69) is 29.6 Å². The van der Waals surface area contributed by atoms with Gasteiger partial charge in [-0.15, -0.1) is 0 Å². The van der Waals surface area contributed by atoms with E-state index in [0.29, 0.717) is 6.04 Å². The predicted octanol–water partition coefficient (Wildman–Crippen LogP) is 1.27. The van der Waals surface area contributed by atoms with Crippen LogP contribution in [0.25, 0.3) is 0 Å². The van der Waals surface area contributed by atoms with Crippen molar-refractivity contribution in [1.29, 1.82) is 0 Å². The molecule has 2 rings (SSSR count). The smallest absolute Gasteiger partial charge is 0.0641 e. The van der Waals surface area contributed by atoms with Crippen molar-refractivity contribution in [3.63, 3.8) is 0 Å². The van der Waals surface area contributed by atoms with Crippen LogP contribution in [-0.4, -0.2) is 28.9 Å². The lowest BCUT2D eigenvalue weighted by Crippen LogP contribution is -2.29. The van der Waals surface area contributed by atoms with Crippen molar-refractivity contribution in [2.45, 2.75) is 45.7 Å². The van der Waals surface area contributed by atoms with E-state index in [0.717, 1.165) is 18.8 Å². The molecule has 1 fully saturated rings. The van der Waals surface area contributed by atoms with Gasteiger partial charge < -0.3 is 10.6 Å². The van der Waals surface area contributed by atoms with E-state index in [-0.39, 0.29) is 0 Å². The van der Waals surface area contributed by atoms with Crippen molar-refractivity contribution in [1.82, 2.24) is 20.4 Å². The van der Waals surface area contributed by atoms with E-state index in [1.807, 2.05) is 11.7 Å². The average Bonchev–Trinajstić information content (AvgIpc) is 2.53. The quantitative estimate of drug-likeness (QED) is 0.830. The van der Waals surface area contributed by atoms with Gasteiger partial charge in [0.1, 0.15) is 0 Å². The summed E-state index contributed by atoms with van der Waals surface area (Å²) >= 11 is 0. The Balaban J connectivity index is 1.92. The summed E-state index contributed by atoms with van der Waals surface area (Å²) in [5.74, 6) is 0. The highest BCUT2D eigenvalue weighted by molar-refractivity contribution is 5.24. The Kier molecular flexibility index (Phi) is 4.18. The number of hydrogen-bond donors (Lipinski definition) is 2. The molecule has 0 radical (unpaired) electrons. The third-order valence-electron chi connectivity index (χ3n) is 3.80. The van der Waals surface area contributed by atoms with E-state index in [4.69, 9.17) is 0 Å². The molecule has 96 valence electrons. The van der Waals surface area contributed by atoms with Gasteiger partial charge in [-0.1, -0.05) is 0 Å². The van der Waals surface area contributed by atoms with Gasteiger partial charge in [-0.2, -0.15) is 5.10 Å². The number of nitrogens with zero attached hydrogens (tertiary/aromatic N) is 2. The van der Waals surface area contributed by atoms with Crippen molar-refractivity contribution in [2.24, 2.45) is 7.05 Å². The molecule has 4 nitrogen and oxygen atoms in total. The van der Waals surface area contributed by atoms with Gasteiger partial charge in [0.15, 0.2) is 0 Å². The van der Waals surface area contributed by atoms with Crippen LogP contribution in [0.2, 0.25) is 0 Å². The molecular formula is C13H24N4. The fourth-order valence-electron chi connectivity index (χ4n) is 2.54. The Morgan fingerprint density at radius 2 is 2.18 bits per heavy atom. The summed E-state index contributed by atoms with van der Waals surface area (Å²) in [6, 6.07) is 0.656. The minimum absolute atomic E-state index is 0.656. The topological polar surface area (TPSA) is 41.9 Å². The molecule has 1 aromatic rings. The van der Waals surface area contributed by atoms with Gasteiger partial charge in [0, 0.05) is 30.9 Å². The maximum absolute atomic E-state index is 4.46. The van der Waals surface area contributed by atoms with Crippen LogP contribution in [-0.2, 0) is 13.6 Å². The lowest BCUT2D eigenvalue weighted by Gasteiger charge is -2.16. The molecule has 1 atom stereocenters. The molecule has 1 unspecified atom stereocenters. The maximum atomic E-state index is 4.46. The number of nitrogens with one attached hydrogen (secondary N) is 2. The highest BCUT2D eigenvalue weighted by Crippen LogP contribution is 2.13. The largest absolute Gasteiger partial charge is 0.317 e. The molecule has 0 amide bonds. The van der Waals surface area contributed by atoms with Crippen LogP contribution >= 0.6 is 0 Å². The molecule has 0 saturated carbocycles. The zero-order chi connectivity index (χ0) is 12.3. The zero-order valence-corrected chi connectivity index (χ0v) is 11.2. The van der Waals surface area contributed by atoms with Gasteiger partial charge in [0.25, 0.3) is 0 Å². The first-order valence-electron chi connectivity index (χ1n) is 6.61. The molecular weight excluding hydrogens is 212 g/mol. The molecule has 0 aliphatic carbocycles. The van der Waals surface area contributed by atoms with Crippen LogP contribution in [0.3, 0.4) is 0 Å². The number of aryl methyl sites for hydroxylation is 2. The Hall–Kier alpha value is -0.870. The van der Waals surface area contributed by atoms with Gasteiger partial charge in [-0.3, -0.25) is 4.68 Å². The molecule has 0 aromatic carbocycles. The second-order valence-electron chi connectivity index (χ2n) is 5.03. The summed E-state index contributed by atoms with van der Waals surface area (Å²) in [7, 11) is 2.02. The number of rotatable bonds is 3. The van der Waals surface area contributed by atoms with Crippen LogP contribution in [0, 0.1) is 13.8 Å². The molecule has 2 N–H and O–H groups in total. The Bertz CT molecular complexity index is 362. The Labute approximate surface area is 104 Å². The molecule has 17 heavy (non-hydrogen) atoms. The first-order valence-corrected chi connectivity index (χ1v) is 6.61. The molecule has 1 aliphatic heterocycles. The average molecular weight is 236 g/mol. The summed E-state index contributed by atoms with van der Waals surface area (Å²) in [4.78, 5) is 0. The fourth-order valence-corrected chi connectivity index (χ4v) is 2.54. The summed E-state index contributed by atoms with van der Waals surface area (Å²) in [5.41, 5.74) is 3.80. The van der Waals surface area contributed by atoms with E-state index in [1.54, 1.807) is 0 Å². The van der Waals surface area contributed by atoms with Gasteiger partial charge in [0.2, 0.25) is 0 Å². The van der Waals surface area contributed by atoms with Gasteiger partial charge in [-0.25, -0.2) is 0 Å². The highest BCUT2D eigenvalue weighted by atomic mass is 15.3. The van der Waals surface area contributed by atoms with Gasteiger partial charge in [0.05, 0.1) is 5.69 Å². The van der Waals surface area contributed by atoms with Crippen molar-refractivity contribution in [2.75, 3.05) is 13.1 Å². The van der Waals surface area contributed by atoms with Crippen LogP contribution in [0.1, 0.15) is 36.2 Å². The number of hydrogen-bond acceptors (Lipinski definition) is 3. The molecule has 1 aromatic heterocycles. The molecule has 4 heteroatoms. The normalized spacial score (nSPS) is 21.5. The van der Waals surface area contributed by atoms with Crippen LogP contribution < -0.4 is 10.6 Å². The van der Waals surface area contributed by atoms with Crippen molar-refractivity contribution in [3.05, 3.63) is 17.0 Å². The lowest BCUT2D eigenvalue weighted by molar-refractivity contribution is 0.467. The second kappa shape index (κ2) is 5.65. The van der Waals surface area contributed by atoms with Crippen molar-refractivity contribution >= 4 is 0 Å². The van der Waals surface area contributed by atoms with Crippen molar-refractivity contribution < 1.29 is 0 Å². The van der Waals surface area contributed by atoms with Gasteiger partial charge in [-0.05, 0) is 46.2 Å². The first-order chi connectivity index (χ1) is 8.18. The summed E-state index contributed by atoms with van der Waals surface area (Å²) < 4.78 is 1.97. The number of aromatic nitrogens is 2. The third kappa shape index (κ3) is 3.07. The highest BCUT2D eigenvalue weighted by Gasteiger charge is 2.14. The van der Waals surface area contributed by atoms with Crippen molar-refractivity contribution in [3.8, 4) is 0 Å². The SMILES string of the molecule is Cc1nn(C)c(C)c1CNC1CCCNCC1. The van der Waals surface area contributed by atoms with E-state index < -0.39 is 0 Å². The van der Waals surface area contributed by atoms with Gasteiger partial charge >= 0.3 is 0 Å². The van der Waals surface area contributed by atoms with E-state index in [9.17, 15) is 0 Å². The third-order valence-corrected chi connectivity index (χ3v) is 3.80. The zero-order valence-electron chi connectivity index (χ0n) is 11.2. The summed E-state index contributed by atoms with van der Waals surface area (Å²) in [6.45, 7) is 7.51. The molecule has 1 saturated heterocycles. The standard InChI is InChI=1S/C13H24N4/c1-10-13(11(2)17(3)16-10)9-15-12-5-4-7-14-8-6-12/h12,14-15H,4-9H2,1-3H3. The second-order valence-corrected chi connectivity index (χ2v) is 5.03. The monoisotopic (exact) mass is 236 g/mol. The van der Waals surface area contributed by atoms with E-state index >= 15 is 0 Å². The maximum Gasteiger partial charge on any atom is 0.0641 e. The van der Waals surface area contributed by atoms with Crippen LogP contribution in [0.4, 0.5) is 0 Å². The fraction of sp³-hybridized carbons (Fsp3) is 0.769. The lowest BCUT2D eigenvalue weighted by atomic mass is 10.1. The Morgan fingerprint density at radius 1 is 1.35 bits per heavy atom. The summed E-state index contributed by atoms with van der Waals surface area (Å²) in [5, 5.41) is 11.6. The Morgan fingerprint density at radius 3 is 2.88 bits per heavy atom. The molecule has 0 bridgehead atoms. The summed E-state index contributed by atoms with van der Waals surface area (Å²) in [6.07, 6.45) is 3.80. The molecule has 1 aliphatic rings. The van der Waals surface area contributed by atoms with E-state index in [1.165, 1.54) is 37.1 Å². The van der Waals surface area contributed by atoms with Crippen LogP contribution in [0.15, 0.2) is 0 Å². The molecule has 0 spiro atoms. The molecule has 2 heterocycles. The minimum atomic E-state index is 0.656. The minimum Gasteiger partial charge on any atom is -0.317 e. The predicted molar refractivity (Wildman–Crippen MR) is 70.0 cm³/mol. The first kappa shape index (κ1) is 12.6. The van der Waals surface area contributed by atoms with Crippen LogP contribution in [0.5, 0.6) is 0 Å².